The van der Waals surface area contributed by atoms with Crippen LogP contribution in [-0.2, 0) is 14.6 Å². The molecule has 1 rings (SSSR count). The summed E-state index contributed by atoms with van der Waals surface area (Å²) in [5, 5.41) is 20.0. The third kappa shape index (κ3) is 4.32. The van der Waals surface area contributed by atoms with E-state index in [0.29, 0.717) is 6.54 Å². The Morgan fingerprint density at radius 3 is 2.44 bits per heavy atom. The van der Waals surface area contributed by atoms with Crippen molar-refractivity contribution in [3.63, 3.8) is 0 Å². The molecular formula is C10H14N4O3S. The van der Waals surface area contributed by atoms with Crippen LogP contribution in [0.2, 0.25) is 0 Å². The second-order valence-electron chi connectivity index (χ2n) is 4.04. The normalized spacial score (nSPS) is 21.6. The van der Waals surface area contributed by atoms with Gasteiger partial charge < -0.3 is 10.2 Å². The minimum atomic E-state index is -3.09. The molecule has 0 aromatic rings. The second-order valence-corrected chi connectivity index (χ2v) is 6.26. The van der Waals surface area contributed by atoms with Crippen molar-refractivity contribution in [2.24, 2.45) is 0 Å². The van der Waals surface area contributed by atoms with Gasteiger partial charge in [-0.25, -0.2) is 8.42 Å². The molecule has 8 heteroatoms. The first-order valence-electron chi connectivity index (χ1n) is 5.44. The van der Waals surface area contributed by atoms with Crippen molar-refractivity contribution in [3.8, 4) is 12.1 Å². The summed E-state index contributed by atoms with van der Waals surface area (Å²) in [4.78, 5) is 12.9. The lowest BCUT2D eigenvalue weighted by Gasteiger charge is -2.25. The van der Waals surface area contributed by atoms with Crippen LogP contribution < -0.4 is 5.32 Å². The molecule has 0 aromatic heterocycles. The summed E-state index contributed by atoms with van der Waals surface area (Å²) in [5.41, 5.74) is 0. The first-order chi connectivity index (χ1) is 8.48. The van der Waals surface area contributed by atoms with Gasteiger partial charge in [0.25, 0.3) is 0 Å². The topological polar surface area (TPSA) is 114 Å². The fourth-order valence-corrected chi connectivity index (χ4v) is 3.19. The monoisotopic (exact) mass is 270 g/mol. The highest BCUT2D eigenvalue weighted by Gasteiger charge is 2.27. The molecule has 0 aromatic carbocycles. The third-order valence-corrected chi connectivity index (χ3v) is 4.33. The van der Waals surface area contributed by atoms with Crippen LogP contribution in [0.3, 0.4) is 0 Å². The van der Waals surface area contributed by atoms with Crippen molar-refractivity contribution in [2.45, 2.75) is 12.5 Å². The van der Waals surface area contributed by atoms with E-state index in [9.17, 15) is 13.2 Å². The van der Waals surface area contributed by atoms with E-state index in [2.05, 4.69) is 5.32 Å². The van der Waals surface area contributed by atoms with E-state index in [0.717, 1.165) is 4.90 Å². The zero-order valence-corrected chi connectivity index (χ0v) is 10.6. The second kappa shape index (κ2) is 6.34. The Hall–Kier alpha value is -1.64. The summed E-state index contributed by atoms with van der Waals surface area (Å²) in [6.07, 6.45) is -0.0113. The number of amides is 1. The van der Waals surface area contributed by atoms with E-state index >= 15 is 0 Å². The number of hydrogen-bond donors (Lipinski definition) is 1. The molecule has 1 unspecified atom stereocenters. The molecule has 98 valence electrons. The average Bonchev–Trinajstić information content (AvgIpc) is 2.27. The van der Waals surface area contributed by atoms with Crippen LogP contribution >= 0.6 is 0 Å². The zero-order chi connectivity index (χ0) is 13.6. The van der Waals surface area contributed by atoms with Crippen molar-refractivity contribution >= 4 is 15.7 Å². The molecule has 0 bridgehead atoms. The van der Waals surface area contributed by atoms with Crippen LogP contribution in [0.15, 0.2) is 0 Å². The summed E-state index contributed by atoms with van der Waals surface area (Å²) in [7, 11) is -3.09. The highest BCUT2D eigenvalue weighted by molar-refractivity contribution is 7.91. The molecule has 1 heterocycles. The van der Waals surface area contributed by atoms with Gasteiger partial charge in [-0.3, -0.25) is 4.79 Å². The minimum absolute atomic E-state index is 0.0113. The Morgan fingerprint density at radius 1 is 1.33 bits per heavy atom. The van der Waals surface area contributed by atoms with Crippen molar-refractivity contribution < 1.29 is 13.2 Å². The standard InChI is InChI=1S/C10H14N4O3S/c11-1-4-14(5-2-12)10(15)7-9-8-18(16,17)6-3-13-9/h9,13H,3-8H2. The van der Waals surface area contributed by atoms with E-state index in [1.807, 2.05) is 0 Å². The highest BCUT2D eigenvalue weighted by atomic mass is 32.2. The maximum Gasteiger partial charge on any atom is 0.225 e. The Balaban J connectivity index is 2.58. The Labute approximate surface area is 106 Å². The molecule has 1 atom stereocenters. The lowest BCUT2D eigenvalue weighted by Crippen LogP contribution is -2.48. The number of carbonyl (C=O) groups excluding carboxylic acids is 1. The van der Waals surface area contributed by atoms with Crippen LogP contribution in [0.25, 0.3) is 0 Å². The molecule has 0 aliphatic carbocycles. The largest absolute Gasteiger partial charge is 0.316 e. The van der Waals surface area contributed by atoms with Gasteiger partial charge in [-0.05, 0) is 0 Å². The van der Waals surface area contributed by atoms with Gasteiger partial charge in [0.15, 0.2) is 9.84 Å². The van der Waals surface area contributed by atoms with Gasteiger partial charge in [-0.2, -0.15) is 10.5 Å². The Morgan fingerprint density at radius 2 is 1.94 bits per heavy atom. The van der Waals surface area contributed by atoms with Crippen LogP contribution in [0.5, 0.6) is 0 Å². The van der Waals surface area contributed by atoms with E-state index in [1.165, 1.54) is 0 Å². The number of nitriles is 2. The third-order valence-electron chi connectivity index (χ3n) is 2.60. The van der Waals surface area contributed by atoms with Gasteiger partial charge in [0, 0.05) is 19.0 Å². The highest BCUT2D eigenvalue weighted by Crippen LogP contribution is 2.07. The molecule has 1 aliphatic rings. The van der Waals surface area contributed by atoms with Crippen LogP contribution in [-0.4, -0.2) is 56.4 Å². The summed E-state index contributed by atoms with van der Waals surface area (Å²) < 4.78 is 22.8. The summed E-state index contributed by atoms with van der Waals surface area (Å²) >= 11 is 0. The van der Waals surface area contributed by atoms with Crippen LogP contribution in [0.4, 0.5) is 0 Å². The summed E-state index contributed by atoms with van der Waals surface area (Å²) in [5.74, 6) is -0.378. The van der Waals surface area contributed by atoms with E-state index in [4.69, 9.17) is 10.5 Å². The van der Waals surface area contributed by atoms with E-state index in [1.54, 1.807) is 12.1 Å². The molecule has 18 heavy (non-hydrogen) atoms. The number of rotatable bonds is 4. The van der Waals surface area contributed by atoms with Gasteiger partial charge in [-0.15, -0.1) is 0 Å². The predicted octanol–water partition coefficient (Wildman–Crippen LogP) is -1.36. The Kier molecular flexibility index (Phi) is 5.08. The van der Waals surface area contributed by atoms with Gasteiger partial charge in [0.05, 0.1) is 23.6 Å². The first-order valence-corrected chi connectivity index (χ1v) is 7.26. The summed E-state index contributed by atoms with van der Waals surface area (Å²) in [6.45, 7) is 0.00844. The van der Waals surface area contributed by atoms with Gasteiger partial charge >= 0.3 is 0 Å². The predicted molar refractivity (Wildman–Crippen MR) is 62.9 cm³/mol. The number of nitrogens with one attached hydrogen (secondary N) is 1. The first kappa shape index (κ1) is 14.4. The van der Waals surface area contributed by atoms with E-state index < -0.39 is 15.9 Å². The smallest absolute Gasteiger partial charge is 0.225 e. The quantitative estimate of drug-likeness (QED) is 0.631. The number of nitrogens with zero attached hydrogens (tertiary/aromatic N) is 3. The molecule has 1 saturated heterocycles. The molecule has 1 aliphatic heterocycles. The van der Waals surface area contributed by atoms with Crippen molar-refractivity contribution in [3.05, 3.63) is 0 Å². The number of carbonyl (C=O) groups is 1. The van der Waals surface area contributed by atoms with Gasteiger partial charge in [0.2, 0.25) is 5.91 Å². The Bertz CT molecular complexity index is 472. The van der Waals surface area contributed by atoms with Crippen LogP contribution in [0.1, 0.15) is 6.42 Å². The fraction of sp³-hybridized carbons (Fsp3) is 0.700. The number of hydrogen-bond acceptors (Lipinski definition) is 6. The molecule has 1 amide bonds. The van der Waals surface area contributed by atoms with Crippen molar-refractivity contribution in [2.75, 3.05) is 31.1 Å². The summed E-state index contributed by atoms with van der Waals surface area (Å²) in [6, 6.07) is 3.17. The fourth-order valence-electron chi connectivity index (χ4n) is 1.74. The molecule has 1 fully saturated rings. The lowest BCUT2D eigenvalue weighted by molar-refractivity contribution is -0.130. The van der Waals surface area contributed by atoms with Gasteiger partial charge in [0.1, 0.15) is 13.1 Å². The molecular weight excluding hydrogens is 256 g/mol. The zero-order valence-electron chi connectivity index (χ0n) is 9.79. The maximum absolute atomic E-state index is 11.8. The maximum atomic E-state index is 11.8. The molecule has 0 radical (unpaired) electrons. The average molecular weight is 270 g/mol. The minimum Gasteiger partial charge on any atom is -0.316 e. The van der Waals surface area contributed by atoms with Crippen molar-refractivity contribution in [1.82, 2.24) is 10.2 Å². The van der Waals surface area contributed by atoms with Gasteiger partial charge in [-0.1, -0.05) is 0 Å². The van der Waals surface area contributed by atoms with E-state index in [-0.39, 0.29) is 36.9 Å². The lowest BCUT2D eigenvalue weighted by atomic mass is 10.2. The van der Waals surface area contributed by atoms with Crippen LogP contribution in [0, 0.1) is 22.7 Å². The number of sulfone groups is 1. The van der Waals surface area contributed by atoms with Crippen molar-refractivity contribution in [1.29, 1.82) is 10.5 Å². The SMILES string of the molecule is N#CCN(CC#N)C(=O)CC1CS(=O)(=O)CCN1. The molecule has 0 saturated carbocycles. The molecule has 0 spiro atoms. The molecule has 7 nitrogen and oxygen atoms in total. The molecule has 1 N–H and O–H groups in total.